The minimum Gasteiger partial charge on any atom is -0.448 e. The molecule has 1 aromatic heterocycles. The van der Waals surface area contributed by atoms with Crippen LogP contribution in [0.2, 0.25) is 0 Å². The number of aromatic amines is 1. The van der Waals surface area contributed by atoms with Crippen molar-refractivity contribution < 1.29 is 19.1 Å². The van der Waals surface area contributed by atoms with E-state index in [9.17, 15) is 9.59 Å². The van der Waals surface area contributed by atoms with Crippen molar-refractivity contribution in [2.45, 2.75) is 65.1 Å². The maximum Gasteiger partial charge on any atom is 0.272 e. The second-order valence-corrected chi connectivity index (χ2v) is 9.36. The first-order chi connectivity index (χ1) is 13.8. The summed E-state index contributed by atoms with van der Waals surface area (Å²) in [6, 6.07) is 5.48. The van der Waals surface area contributed by atoms with Crippen molar-refractivity contribution in [3.05, 3.63) is 40.7 Å². The summed E-state index contributed by atoms with van der Waals surface area (Å²) >= 11 is 0. The van der Waals surface area contributed by atoms with Crippen LogP contribution in [-0.2, 0) is 6.42 Å². The number of hydrogen-bond donors (Lipinski definition) is 2. The van der Waals surface area contributed by atoms with E-state index in [0.717, 1.165) is 49.1 Å². The standard InChI is InChI=1S/C23H26N2O4/c1-13-19-15(11-22(2,3)12-16(19)26)25-20(13)21(27)24-14-6-7-17-18(10-14)29-23(28-17)8-4-5-9-23/h6-7,10,25H,4-5,8-9,11-12H2,1-3H3,(H,24,27). The van der Waals surface area contributed by atoms with Crippen LogP contribution in [0.15, 0.2) is 18.2 Å². The molecule has 2 heterocycles. The van der Waals surface area contributed by atoms with Gasteiger partial charge in [0.15, 0.2) is 17.3 Å². The summed E-state index contributed by atoms with van der Waals surface area (Å²) in [7, 11) is 0. The van der Waals surface area contributed by atoms with Crippen molar-refractivity contribution in [2.24, 2.45) is 5.41 Å². The summed E-state index contributed by atoms with van der Waals surface area (Å²) < 4.78 is 12.1. The van der Waals surface area contributed by atoms with Crippen LogP contribution in [-0.4, -0.2) is 22.5 Å². The quantitative estimate of drug-likeness (QED) is 0.769. The Morgan fingerprint density at radius 2 is 1.83 bits per heavy atom. The molecule has 1 saturated carbocycles. The number of ether oxygens (including phenoxy) is 2. The zero-order chi connectivity index (χ0) is 20.4. The Morgan fingerprint density at radius 1 is 1.10 bits per heavy atom. The van der Waals surface area contributed by atoms with Crippen molar-refractivity contribution >= 4 is 17.4 Å². The lowest BCUT2D eigenvalue weighted by Crippen LogP contribution is -2.34. The SMILES string of the molecule is Cc1c(C(=O)Nc2ccc3c(c2)OC2(CCCC2)O3)[nH]c2c1C(=O)CC(C)(C)C2. The van der Waals surface area contributed by atoms with Crippen LogP contribution in [0.25, 0.3) is 0 Å². The molecule has 0 atom stereocenters. The molecular formula is C23H26N2O4. The third-order valence-electron chi connectivity index (χ3n) is 6.29. The lowest BCUT2D eigenvalue weighted by molar-refractivity contribution is -0.0716. The lowest BCUT2D eigenvalue weighted by Gasteiger charge is -2.28. The van der Waals surface area contributed by atoms with Crippen molar-refractivity contribution in [1.29, 1.82) is 0 Å². The maximum atomic E-state index is 12.9. The van der Waals surface area contributed by atoms with Crippen LogP contribution in [0.1, 0.15) is 78.1 Å². The van der Waals surface area contributed by atoms with Crippen LogP contribution < -0.4 is 14.8 Å². The van der Waals surface area contributed by atoms with E-state index >= 15 is 0 Å². The van der Waals surface area contributed by atoms with Crippen molar-refractivity contribution in [3.8, 4) is 11.5 Å². The summed E-state index contributed by atoms with van der Waals surface area (Å²) in [6.45, 7) is 5.99. The number of ketones is 1. The number of fused-ring (bicyclic) bond motifs is 2. The van der Waals surface area contributed by atoms with E-state index in [4.69, 9.17) is 9.47 Å². The Morgan fingerprint density at radius 3 is 2.59 bits per heavy atom. The number of hydrogen-bond acceptors (Lipinski definition) is 4. The van der Waals surface area contributed by atoms with E-state index in [1.807, 2.05) is 25.1 Å². The van der Waals surface area contributed by atoms with E-state index in [1.165, 1.54) is 0 Å². The minimum absolute atomic E-state index is 0.0946. The van der Waals surface area contributed by atoms with Gasteiger partial charge in [0.1, 0.15) is 5.69 Å². The molecule has 0 saturated heterocycles. The van der Waals surface area contributed by atoms with Gasteiger partial charge in [-0.15, -0.1) is 0 Å². The molecule has 1 aromatic carbocycles. The fourth-order valence-corrected chi connectivity index (χ4v) is 4.94. The highest BCUT2D eigenvalue weighted by Gasteiger charge is 2.44. The van der Waals surface area contributed by atoms with Gasteiger partial charge in [0.2, 0.25) is 0 Å². The molecule has 1 spiro atoms. The number of rotatable bonds is 2. The Bertz CT molecular complexity index is 1030. The van der Waals surface area contributed by atoms with Gasteiger partial charge in [0.25, 0.3) is 11.7 Å². The Balaban J connectivity index is 1.38. The molecule has 1 fully saturated rings. The summed E-state index contributed by atoms with van der Waals surface area (Å²) in [5.74, 6) is 0.729. The molecule has 2 aromatic rings. The molecule has 6 nitrogen and oxygen atoms in total. The zero-order valence-electron chi connectivity index (χ0n) is 17.1. The third kappa shape index (κ3) is 3.02. The molecule has 1 amide bonds. The average Bonchev–Trinajstić information content (AvgIpc) is 3.31. The normalized spacial score (nSPS) is 20.7. The number of carbonyl (C=O) groups is 2. The number of aromatic nitrogens is 1. The fraction of sp³-hybridized carbons (Fsp3) is 0.478. The lowest BCUT2D eigenvalue weighted by atomic mass is 9.75. The first-order valence-electron chi connectivity index (χ1n) is 10.3. The molecule has 0 bridgehead atoms. The molecule has 0 unspecified atom stereocenters. The Labute approximate surface area is 170 Å². The second kappa shape index (κ2) is 6.12. The molecular weight excluding hydrogens is 368 g/mol. The average molecular weight is 394 g/mol. The summed E-state index contributed by atoms with van der Waals surface area (Å²) in [4.78, 5) is 28.7. The first kappa shape index (κ1) is 18.3. The second-order valence-electron chi connectivity index (χ2n) is 9.36. The zero-order valence-corrected chi connectivity index (χ0v) is 17.1. The van der Waals surface area contributed by atoms with Gasteiger partial charge in [-0.2, -0.15) is 0 Å². The van der Waals surface area contributed by atoms with Crippen molar-refractivity contribution in [3.63, 3.8) is 0 Å². The highest BCUT2D eigenvalue weighted by atomic mass is 16.7. The first-order valence-corrected chi connectivity index (χ1v) is 10.3. The predicted octanol–water partition coefficient (Wildman–Crippen LogP) is 4.77. The van der Waals surface area contributed by atoms with Crippen LogP contribution in [0.4, 0.5) is 5.69 Å². The van der Waals surface area contributed by atoms with E-state index in [1.54, 1.807) is 0 Å². The van der Waals surface area contributed by atoms with Crippen LogP contribution in [0.3, 0.4) is 0 Å². The number of nitrogens with one attached hydrogen (secondary N) is 2. The summed E-state index contributed by atoms with van der Waals surface area (Å²) in [5, 5.41) is 2.94. The minimum atomic E-state index is -0.521. The molecule has 5 rings (SSSR count). The number of anilines is 1. The molecule has 2 N–H and O–H groups in total. The van der Waals surface area contributed by atoms with Gasteiger partial charge >= 0.3 is 0 Å². The Hall–Kier alpha value is -2.76. The maximum absolute atomic E-state index is 12.9. The number of carbonyl (C=O) groups excluding carboxylic acids is 2. The molecule has 2 aliphatic carbocycles. The summed E-state index contributed by atoms with van der Waals surface area (Å²) in [6.07, 6.45) is 5.24. The number of benzene rings is 1. The van der Waals surface area contributed by atoms with Gasteiger partial charge in [-0.05, 0) is 49.3 Å². The fourth-order valence-electron chi connectivity index (χ4n) is 4.94. The third-order valence-corrected chi connectivity index (χ3v) is 6.29. The van der Waals surface area contributed by atoms with Gasteiger partial charge in [0.05, 0.1) is 0 Å². The van der Waals surface area contributed by atoms with E-state index < -0.39 is 5.79 Å². The molecule has 0 radical (unpaired) electrons. The highest BCUT2D eigenvalue weighted by molar-refractivity contribution is 6.08. The highest BCUT2D eigenvalue weighted by Crippen LogP contribution is 2.47. The van der Waals surface area contributed by atoms with Crippen LogP contribution in [0.5, 0.6) is 11.5 Å². The number of Topliss-reactive ketones (excluding diaryl/α,β-unsaturated/α-hetero) is 1. The van der Waals surface area contributed by atoms with Crippen molar-refractivity contribution in [2.75, 3.05) is 5.32 Å². The van der Waals surface area contributed by atoms with E-state index in [-0.39, 0.29) is 17.1 Å². The van der Waals surface area contributed by atoms with Gasteiger partial charge in [-0.1, -0.05) is 13.8 Å². The largest absolute Gasteiger partial charge is 0.448 e. The molecule has 152 valence electrons. The number of amides is 1. The van der Waals surface area contributed by atoms with Gasteiger partial charge in [0, 0.05) is 42.3 Å². The summed E-state index contributed by atoms with van der Waals surface area (Å²) in [5.41, 5.74) is 3.27. The van der Waals surface area contributed by atoms with Gasteiger partial charge < -0.3 is 19.8 Å². The molecule has 1 aliphatic heterocycles. The smallest absolute Gasteiger partial charge is 0.272 e. The monoisotopic (exact) mass is 394 g/mol. The topological polar surface area (TPSA) is 80.4 Å². The molecule has 6 heteroatoms. The van der Waals surface area contributed by atoms with Crippen molar-refractivity contribution in [1.82, 2.24) is 4.98 Å². The van der Waals surface area contributed by atoms with Crippen LogP contribution >= 0.6 is 0 Å². The number of H-pyrrole nitrogens is 1. The van der Waals surface area contributed by atoms with E-state index in [2.05, 4.69) is 24.1 Å². The molecule has 3 aliphatic rings. The van der Waals surface area contributed by atoms with Crippen LogP contribution in [0, 0.1) is 12.3 Å². The Kier molecular flexibility index (Phi) is 3.86. The molecule has 29 heavy (non-hydrogen) atoms. The predicted molar refractivity (Wildman–Crippen MR) is 109 cm³/mol. The van der Waals surface area contributed by atoms with Gasteiger partial charge in [-0.25, -0.2) is 0 Å². The van der Waals surface area contributed by atoms with Gasteiger partial charge in [-0.3, -0.25) is 9.59 Å². The van der Waals surface area contributed by atoms with E-state index in [0.29, 0.717) is 29.1 Å².